The number of nitrogens with two attached hydrogens (primary N) is 1. The summed E-state index contributed by atoms with van der Waals surface area (Å²) in [5, 5.41) is 0. The molecule has 0 aliphatic carbocycles. The summed E-state index contributed by atoms with van der Waals surface area (Å²) in [7, 11) is 1.26. The van der Waals surface area contributed by atoms with Gasteiger partial charge in [-0.3, -0.25) is 9.78 Å². The van der Waals surface area contributed by atoms with Gasteiger partial charge in [-0.2, -0.15) is 0 Å². The topological polar surface area (TPSA) is 65.2 Å². The van der Waals surface area contributed by atoms with Crippen LogP contribution in [-0.4, -0.2) is 24.1 Å². The van der Waals surface area contributed by atoms with E-state index < -0.39 is 17.8 Å². The number of nitrogens with zero attached hydrogens (tertiary/aromatic N) is 1. The first-order chi connectivity index (χ1) is 6.63. The van der Waals surface area contributed by atoms with Gasteiger partial charge in [0.1, 0.15) is 11.9 Å². The number of hydrogen-bond donors (Lipinski definition) is 1. The summed E-state index contributed by atoms with van der Waals surface area (Å²) in [5.41, 5.74) is 6.06. The van der Waals surface area contributed by atoms with E-state index in [1.165, 1.54) is 19.4 Å². The van der Waals surface area contributed by atoms with Crippen LogP contribution in [0.15, 0.2) is 18.5 Å². The minimum atomic E-state index is -0.774. The number of carbonyl (C=O) groups is 1. The number of halogens is 1. The van der Waals surface area contributed by atoms with Crippen molar-refractivity contribution in [3.8, 4) is 0 Å². The summed E-state index contributed by atoms with van der Waals surface area (Å²) >= 11 is 0. The number of ether oxygens (including phenoxy) is 1. The predicted molar refractivity (Wildman–Crippen MR) is 47.9 cm³/mol. The highest BCUT2D eigenvalue weighted by Gasteiger charge is 2.14. The van der Waals surface area contributed by atoms with Gasteiger partial charge < -0.3 is 10.5 Å². The van der Waals surface area contributed by atoms with Gasteiger partial charge in [-0.1, -0.05) is 0 Å². The van der Waals surface area contributed by atoms with Crippen LogP contribution >= 0.6 is 0 Å². The van der Waals surface area contributed by atoms with Crippen LogP contribution in [0.4, 0.5) is 4.39 Å². The van der Waals surface area contributed by atoms with E-state index in [4.69, 9.17) is 5.73 Å². The highest BCUT2D eigenvalue weighted by atomic mass is 19.1. The molecule has 0 saturated heterocycles. The van der Waals surface area contributed by atoms with E-state index in [1.54, 1.807) is 0 Å². The number of esters is 1. The quantitative estimate of drug-likeness (QED) is 0.708. The van der Waals surface area contributed by atoms with E-state index in [0.717, 1.165) is 6.20 Å². The van der Waals surface area contributed by atoms with E-state index in [2.05, 4.69) is 9.72 Å². The first-order valence-corrected chi connectivity index (χ1v) is 4.06. The number of rotatable bonds is 3. The lowest BCUT2D eigenvalue weighted by molar-refractivity contribution is -0.142. The van der Waals surface area contributed by atoms with Gasteiger partial charge in [0, 0.05) is 6.20 Å². The molecular formula is C9H11FN2O2. The molecule has 1 aromatic heterocycles. The van der Waals surface area contributed by atoms with Crippen LogP contribution in [0.3, 0.4) is 0 Å². The van der Waals surface area contributed by atoms with Gasteiger partial charge in [0.05, 0.1) is 13.3 Å². The van der Waals surface area contributed by atoms with Crippen molar-refractivity contribution in [2.45, 2.75) is 12.5 Å². The predicted octanol–water partition coefficient (Wildman–Crippen LogP) is 0.263. The van der Waals surface area contributed by atoms with Gasteiger partial charge in [0.2, 0.25) is 0 Å². The van der Waals surface area contributed by atoms with Crippen molar-refractivity contribution < 1.29 is 13.9 Å². The van der Waals surface area contributed by atoms with Crippen molar-refractivity contribution in [3.05, 3.63) is 29.8 Å². The summed E-state index contributed by atoms with van der Waals surface area (Å²) in [5.74, 6) is -0.964. The molecule has 0 spiro atoms. The zero-order valence-corrected chi connectivity index (χ0v) is 7.74. The molecule has 14 heavy (non-hydrogen) atoms. The van der Waals surface area contributed by atoms with E-state index >= 15 is 0 Å². The molecular weight excluding hydrogens is 187 g/mol. The number of aromatic nitrogens is 1. The molecule has 1 rings (SSSR count). The molecule has 2 N–H and O–H groups in total. The molecule has 0 fully saturated rings. The van der Waals surface area contributed by atoms with Crippen LogP contribution in [0.25, 0.3) is 0 Å². The Morgan fingerprint density at radius 2 is 2.43 bits per heavy atom. The van der Waals surface area contributed by atoms with Crippen LogP contribution in [0, 0.1) is 5.82 Å². The Morgan fingerprint density at radius 1 is 1.71 bits per heavy atom. The van der Waals surface area contributed by atoms with Crippen molar-refractivity contribution in [3.63, 3.8) is 0 Å². The minimum absolute atomic E-state index is 0.220. The number of methoxy groups -OCH3 is 1. The maximum Gasteiger partial charge on any atom is 0.322 e. The Hall–Kier alpha value is -1.49. The molecule has 1 aromatic rings. The first-order valence-electron chi connectivity index (χ1n) is 4.06. The first kappa shape index (κ1) is 10.6. The molecule has 5 heteroatoms. The maximum atomic E-state index is 12.7. The molecule has 1 atom stereocenters. The molecule has 0 bridgehead atoms. The fourth-order valence-electron chi connectivity index (χ4n) is 1.06. The summed E-state index contributed by atoms with van der Waals surface area (Å²) in [6.45, 7) is 0. The van der Waals surface area contributed by atoms with E-state index in [1.807, 2.05) is 0 Å². The van der Waals surface area contributed by atoms with Gasteiger partial charge in [0.25, 0.3) is 0 Å². The van der Waals surface area contributed by atoms with Crippen LogP contribution in [0.1, 0.15) is 5.56 Å². The van der Waals surface area contributed by atoms with Crippen LogP contribution in [0.5, 0.6) is 0 Å². The van der Waals surface area contributed by atoms with Crippen LogP contribution in [0.2, 0.25) is 0 Å². The second kappa shape index (κ2) is 4.66. The smallest absolute Gasteiger partial charge is 0.322 e. The zero-order valence-electron chi connectivity index (χ0n) is 7.74. The molecule has 0 amide bonds. The summed E-state index contributed by atoms with van der Waals surface area (Å²) in [6.07, 6.45) is 2.77. The molecule has 1 heterocycles. The van der Waals surface area contributed by atoms with Gasteiger partial charge in [-0.15, -0.1) is 0 Å². The number of hydrogen-bond acceptors (Lipinski definition) is 4. The second-order valence-corrected chi connectivity index (χ2v) is 2.85. The molecule has 0 aromatic carbocycles. The van der Waals surface area contributed by atoms with Crippen LogP contribution < -0.4 is 5.73 Å². The normalized spacial score (nSPS) is 12.2. The zero-order chi connectivity index (χ0) is 10.6. The molecule has 0 unspecified atom stereocenters. The summed E-state index contributed by atoms with van der Waals surface area (Å²) < 4.78 is 17.1. The van der Waals surface area contributed by atoms with Gasteiger partial charge >= 0.3 is 5.97 Å². The van der Waals surface area contributed by atoms with Crippen molar-refractivity contribution in [1.82, 2.24) is 4.98 Å². The molecule has 0 radical (unpaired) electrons. The van der Waals surface area contributed by atoms with Crippen LogP contribution in [-0.2, 0) is 16.0 Å². The van der Waals surface area contributed by atoms with E-state index in [9.17, 15) is 9.18 Å². The number of carbonyl (C=O) groups excluding carboxylic acids is 1. The third-order valence-corrected chi connectivity index (χ3v) is 1.72. The highest BCUT2D eigenvalue weighted by Crippen LogP contribution is 2.04. The van der Waals surface area contributed by atoms with Gasteiger partial charge in [0.15, 0.2) is 0 Å². The Balaban J connectivity index is 2.64. The molecule has 76 valence electrons. The maximum absolute atomic E-state index is 12.7. The second-order valence-electron chi connectivity index (χ2n) is 2.85. The molecule has 0 aliphatic heterocycles. The monoisotopic (exact) mass is 198 g/mol. The third-order valence-electron chi connectivity index (χ3n) is 1.72. The average molecular weight is 198 g/mol. The van der Waals surface area contributed by atoms with E-state index in [-0.39, 0.29) is 6.42 Å². The SMILES string of the molecule is COC(=O)[C@H](N)Cc1cncc(F)c1. The molecule has 0 aliphatic rings. The largest absolute Gasteiger partial charge is 0.468 e. The summed E-state index contributed by atoms with van der Waals surface area (Å²) in [6, 6.07) is 0.513. The third kappa shape index (κ3) is 2.77. The minimum Gasteiger partial charge on any atom is -0.468 e. The van der Waals surface area contributed by atoms with Gasteiger partial charge in [-0.05, 0) is 18.1 Å². The Kier molecular flexibility index (Phi) is 3.53. The Labute approximate surface area is 80.9 Å². The van der Waals surface area contributed by atoms with Crippen molar-refractivity contribution >= 4 is 5.97 Å². The van der Waals surface area contributed by atoms with Crippen molar-refractivity contribution in [1.29, 1.82) is 0 Å². The van der Waals surface area contributed by atoms with E-state index in [0.29, 0.717) is 5.56 Å². The van der Waals surface area contributed by atoms with Gasteiger partial charge in [-0.25, -0.2) is 4.39 Å². The van der Waals surface area contributed by atoms with Crippen molar-refractivity contribution in [2.75, 3.05) is 7.11 Å². The Bertz CT molecular complexity index is 330. The number of pyridine rings is 1. The standard InChI is InChI=1S/C9H11FN2O2/c1-14-9(13)8(11)3-6-2-7(10)5-12-4-6/h2,4-5,8H,3,11H2,1H3/t8-/m1/s1. The fourth-order valence-corrected chi connectivity index (χ4v) is 1.06. The average Bonchev–Trinajstić information content (AvgIpc) is 2.16. The Morgan fingerprint density at radius 3 is 3.00 bits per heavy atom. The molecule has 0 saturated carbocycles. The lowest BCUT2D eigenvalue weighted by Crippen LogP contribution is -2.33. The highest BCUT2D eigenvalue weighted by molar-refractivity contribution is 5.75. The van der Waals surface area contributed by atoms with Crippen molar-refractivity contribution in [2.24, 2.45) is 5.73 Å². The fraction of sp³-hybridized carbons (Fsp3) is 0.333. The lowest BCUT2D eigenvalue weighted by Gasteiger charge is -2.08. The lowest BCUT2D eigenvalue weighted by atomic mass is 10.1. The molecule has 4 nitrogen and oxygen atoms in total. The summed E-state index contributed by atoms with van der Waals surface area (Å²) in [4.78, 5) is 14.6.